The largest absolute Gasteiger partial charge is 0.497 e. The third kappa shape index (κ3) is 3.59. The molecule has 1 aromatic heterocycles. The van der Waals surface area contributed by atoms with E-state index in [0.717, 1.165) is 60.0 Å². The number of rotatable bonds is 6. The molecule has 2 aliphatic heterocycles. The minimum absolute atomic E-state index is 0.0878. The SMILES string of the molecule is CCN1Cc2ccc(/C=C/c3n[nH]c(/C=C(\C)C4CC45C(=O)Nc4ccc(OC)cc45)c3C)cc2C1. The Balaban J connectivity index is 1.21. The summed E-state index contributed by atoms with van der Waals surface area (Å²) in [6, 6.07) is 12.6. The van der Waals surface area contributed by atoms with E-state index >= 15 is 0 Å². The van der Waals surface area contributed by atoms with Gasteiger partial charge in [0.1, 0.15) is 5.75 Å². The lowest BCUT2D eigenvalue weighted by Gasteiger charge is -2.10. The molecule has 3 heterocycles. The van der Waals surface area contributed by atoms with E-state index in [-0.39, 0.29) is 11.8 Å². The minimum Gasteiger partial charge on any atom is -0.497 e. The number of hydrogen-bond donors (Lipinski definition) is 2. The molecule has 2 aromatic carbocycles. The first-order valence-electron chi connectivity index (χ1n) is 12.7. The third-order valence-corrected chi connectivity index (χ3v) is 8.23. The van der Waals surface area contributed by atoms with Gasteiger partial charge in [0.05, 0.1) is 23.9 Å². The highest BCUT2D eigenvalue weighted by Gasteiger charge is 2.65. The van der Waals surface area contributed by atoms with Crippen molar-refractivity contribution in [2.75, 3.05) is 19.0 Å². The summed E-state index contributed by atoms with van der Waals surface area (Å²) >= 11 is 0. The molecule has 6 heteroatoms. The summed E-state index contributed by atoms with van der Waals surface area (Å²) in [6.45, 7) is 9.57. The smallest absolute Gasteiger partial charge is 0.235 e. The minimum atomic E-state index is -0.484. The van der Waals surface area contributed by atoms with Crippen LogP contribution in [-0.2, 0) is 23.3 Å². The van der Waals surface area contributed by atoms with Crippen LogP contribution in [0, 0.1) is 12.8 Å². The Morgan fingerprint density at radius 3 is 2.83 bits per heavy atom. The second-order valence-electron chi connectivity index (χ2n) is 10.3. The fourth-order valence-corrected chi connectivity index (χ4v) is 5.89. The van der Waals surface area contributed by atoms with Crippen LogP contribution in [0.5, 0.6) is 5.75 Å². The number of hydrogen-bond acceptors (Lipinski definition) is 4. The molecule has 1 saturated carbocycles. The van der Waals surface area contributed by atoms with Gasteiger partial charge >= 0.3 is 0 Å². The van der Waals surface area contributed by atoms with E-state index < -0.39 is 5.41 Å². The van der Waals surface area contributed by atoms with E-state index in [2.05, 4.69) is 77.6 Å². The van der Waals surface area contributed by atoms with Crippen LogP contribution in [0.4, 0.5) is 5.69 Å². The van der Waals surface area contributed by atoms with Crippen molar-refractivity contribution in [3.8, 4) is 5.75 Å². The maximum atomic E-state index is 13.0. The van der Waals surface area contributed by atoms with E-state index in [4.69, 9.17) is 4.74 Å². The molecule has 0 bridgehead atoms. The van der Waals surface area contributed by atoms with Gasteiger partial charge in [0.15, 0.2) is 0 Å². The molecule has 0 saturated heterocycles. The summed E-state index contributed by atoms with van der Waals surface area (Å²) in [7, 11) is 1.66. The summed E-state index contributed by atoms with van der Waals surface area (Å²) in [5, 5.41) is 10.8. The molecule has 1 amide bonds. The zero-order chi connectivity index (χ0) is 25.0. The number of methoxy groups -OCH3 is 1. The van der Waals surface area contributed by atoms with Gasteiger partial charge in [-0.05, 0) is 85.3 Å². The highest BCUT2D eigenvalue weighted by molar-refractivity contribution is 6.09. The monoisotopic (exact) mass is 480 g/mol. The number of nitrogens with zero attached hydrogens (tertiary/aromatic N) is 2. The second-order valence-corrected chi connectivity index (χ2v) is 10.3. The predicted octanol–water partition coefficient (Wildman–Crippen LogP) is 5.55. The molecular weight excluding hydrogens is 448 g/mol. The van der Waals surface area contributed by atoms with E-state index in [1.54, 1.807) is 7.11 Å². The summed E-state index contributed by atoms with van der Waals surface area (Å²) in [6.07, 6.45) is 7.19. The molecule has 184 valence electrons. The highest BCUT2D eigenvalue weighted by Crippen LogP contribution is 2.63. The van der Waals surface area contributed by atoms with Gasteiger partial charge in [-0.2, -0.15) is 5.10 Å². The molecule has 0 radical (unpaired) electrons. The first-order chi connectivity index (χ1) is 17.4. The number of carbonyl (C=O) groups excluding carboxylic acids is 1. The Labute approximate surface area is 212 Å². The van der Waals surface area contributed by atoms with Gasteiger partial charge in [0, 0.05) is 24.3 Å². The van der Waals surface area contributed by atoms with Gasteiger partial charge in [-0.15, -0.1) is 0 Å². The first kappa shape index (κ1) is 22.8. The van der Waals surface area contributed by atoms with Crippen molar-refractivity contribution in [1.82, 2.24) is 15.1 Å². The lowest BCUT2D eigenvalue weighted by atomic mass is 9.91. The maximum absolute atomic E-state index is 13.0. The normalized spacial score (nSPS) is 22.8. The Morgan fingerprint density at radius 1 is 1.19 bits per heavy atom. The number of H-pyrrole nitrogens is 1. The fourth-order valence-electron chi connectivity index (χ4n) is 5.89. The Bertz CT molecular complexity index is 1430. The van der Waals surface area contributed by atoms with Gasteiger partial charge in [-0.25, -0.2) is 0 Å². The van der Waals surface area contributed by atoms with Crippen molar-refractivity contribution in [2.45, 2.75) is 45.7 Å². The average Bonchev–Trinajstić information content (AvgIpc) is 3.23. The Kier molecular flexibility index (Phi) is 5.38. The zero-order valence-corrected chi connectivity index (χ0v) is 21.3. The van der Waals surface area contributed by atoms with E-state index in [9.17, 15) is 4.79 Å². The van der Waals surface area contributed by atoms with Crippen LogP contribution in [0.15, 0.2) is 42.0 Å². The number of allylic oxidation sites excluding steroid dienone is 1. The van der Waals surface area contributed by atoms with Crippen LogP contribution < -0.4 is 10.1 Å². The average molecular weight is 481 g/mol. The van der Waals surface area contributed by atoms with E-state index in [1.807, 2.05) is 18.2 Å². The van der Waals surface area contributed by atoms with E-state index in [0.29, 0.717) is 0 Å². The molecule has 36 heavy (non-hydrogen) atoms. The first-order valence-corrected chi connectivity index (χ1v) is 12.7. The number of amides is 1. The van der Waals surface area contributed by atoms with Crippen molar-refractivity contribution in [2.24, 2.45) is 5.92 Å². The molecule has 1 spiro atoms. The number of fused-ring (bicyclic) bond motifs is 3. The molecule has 3 aromatic rings. The predicted molar refractivity (Wildman–Crippen MR) is 144 cm³/mol. The zero-order valence-electron chi connectivity index (χ0n) is 21.3. The van der Waals surface area contributed by atoms with Gasteiger partial charge in [0.25, 0.3) is 0 Å². The molecule has 6 nitrogen and oxygen atoms in total. The van der Waals surface area contributed by atoms with Crippen molar-refractivity contribution in [3.63, 3.8) is 0 Å². The topological polar surface area (TPSA) is 70.2 Å². The number of ether oxygens (including phenoxy) is 1. The molecular formula is C30H32N4O2. The molecule has 2 unspecified atom stereocenters. The highest BCUT2D eigenvalue weighted by atomic mass is 16.5. The second kappa shape index (κ2) is 8.49. The molecule has 2 atom stereocenters. The number of benzene rings is 2. The van der Waals surface area contributed by atoms with Gasteiger partial charge < -0.3 is 10.1 Å². The summed E-state index contributed by atoms with van der Waals surface area (Å²) < 4.78 is 5.42. The standard InChI is InChI=1S/C30H32N4O2/c1-5-34-16-21-8-6-20(13-22(21)17-34)7-10-26-19(3)28(33-32-26)12-18(2)25-15-30(25)24-14-23(36-4)9-11-27(24)31-29(30)35/h6-14,25H,5,15-17H2,1-4H3,(H,31,35)(H,32,33)/b10-7+,18-12+. The number of aromatic nitrogens is 2. The van der Waals surface area contributed by atoms with Crippen LogP contribution in [0.1, 0.15) is 59.5 Å². The maximum Gasteiger partial charge on any atom is 0.235 e. The van der Waals surface area contributed by atoms with Crippen LogP contribution >= 0.6 is 0 Å². The molecule has 1 aliphatic carbocycles. The molecule has 1 fully saturated rings. The summed E-state index contributed by atoms with van der Waals surface area (Å²) in [5.41, 5.74) is 9.73. The van der Waals surface area contributed by atoms with Gasteiger partial charge in [-0.1, -0.05) is 36.8 Å². The van der Waals surface area contributed by atoms with Crippen molar-refractivity contribution in [3.05, 3.63) is 81.2 Å². The van der Waals surface area contributed by atoms with Crippen molar-refractivity contribution >= 4 is 29.8 Å². The summed E-state index contributed by atoms with van der Waals surface area (Å²) in [5.74, 6) is 1.04. The van der Waals surface area contributed by atoms with Crippen LogP contribution in [0.25, 0.3) is 18.2 Å². The fraction of sp³-hybridized carbons (Fsp3) is 0.333. The van der Waals surface area contributed by atoms with E-state index in [1.165, 1.54) is 22.3 Å². The van der Waals surface area contributed by atoms with Gasteiger partial charge in [-0.3, -0.25) is 14.8 Å². The van der Waals surface area contributed by atoms with Crippen LogP contribution in [0.2, 0.25) is 0 Å². The van der Waals surface area contributed by atoms with Crippen molar-refractivity contribution < 1.29 is 9.53 Å². The quantitative estimate of drug-likeness (QED) is 0.486. The number of aromatic amines is 1. The third-order valence-electron chi connectivity index (χ3n) is 8.23. The molecule has 3 aliphatic rings. The molecule has 6 rings (SSSR count). The summed E-state index contributed by atoms with van der Waals surface area (Å²) in [4.78, 5) is 15.4. The lowest BCUT2D eigenvalue weighted by Crippen LogP contribution is -2.21. The van der Waals surface area contributed by atoms with Crippen LogP contribution in [0.3, 0.4) is 0 Å². The number of carbonyl (C=O) groups is 1. The lowest BCUT2D eigenvalue weighted by molar-refractivity contribution is -0.118. The number of nitrogens with one attached hydrogen (secondary N) is 2. The van der Waals surface area contributed by atoms with Gasteiger partial charge in [0.2, 0.25) is 5.91 Å². The number of anilines is 1. The van der Waals surface area contributed by atoms with Crippen molar-refractivity contribution in [1.29, 1.82) is 0 Å². The van der Waals surface area contributed by atoms with Crippen LogP contribution in [-0.4, -0.2) is 34.7 Å². The molecule has 2 N–H and O–H groups in total. The Hall–Kier alpha value is -3.64. The Morgan fingerprint density at radius 2 is 2.03 bits per heavy atom.